The summed E-state index contributed by atoms with van der Waals surface area (Å²) >= 11 is 5.66. The van der Waals surface area contributed by atoms with E-state index in [-0.39, 0.29) is 11.1 Å². The van der Waals surface area contributed by atoms with Crippen molar-refractivity contribution in [3.63, 3.8) is 0 Å². The maximum absolute atomic E-state index is 13.4. The summed E-state index contributed by atoms with van der Waals surface area (Å²) in [5.41, 5.74) is 1.77. The van der Waals surface area contributed by atoms with E-state index in [0.717, 1.165) is 17.1 Å². The van der Waals surface area contributed by atoms with Crippen molar-refractivity contribution in [2.24, 2.45) is 0 Å². The summed E-state index contributed by atoms with van der Waals surface area (Å²) in [6.45, 7) is 4.42. The summed E-state index contributed by atoms with van der Waals surface area (Å²) < 4.78 is 13.4. The summed E-state index contributed by atoms with van der Waals surface area (Å²) in [5, 5.41) is 3.43. The standard InChI is InChI=1S/C14H15ClFN3/c1-9(11-3-4-13(15)14(16)7-11)18-8-12-5-6-17-10(2)19-12/h3-7,9,18H,8H2,1-2H3. The van der Waals surface area contributed by atoms with Gasteiger partial charge in [0.1, 0.15) is 11.6 Å². The molecule has 3 nitrogen and oxygen atoms in total. The van der Waals surface area contributed by atoms with Crippen molar-refractivity contribution in [3.8, 4) is 0 Å². The van der Waals surface area contributed by atoms with Gasteiger partial charge in [-0.25, -0.2) is 14.4 Å². The Hall–Kier alpha value is -1.52. The number of aromatic nitrogens is 2. The second kappa shape index (κ2) is 6.08. The lowest BCUT2D eigenvalue weighted by Gasteiger charge is -2.14. The van der Waals surface area contributed by atoms with Crippen molar-refractivity contribution >= 4 is 11.6 Å². The van der Waals surface area contributed by atoms with E-state index in [9.17, 15) is 4.39 Å². The Morgan fingerprint density at radius 3 is 2.84 bits per heavy atom. The first-order chi connectivity index (χ1) is 9.06. The third-order valence-corrected chi connectivity index (χ3v) is 3.17. The Bertz CT molecular complexity index is 574. The van der Waals surface area contributed by atoms with Crippen molar-refractivity contribution in [2.45, 2.75) is 26.4 Å². The molecule has 100 valence electrons. The monoisotopic (exact) mass is 279 g/mol. The third kappa shape index (κ3) is 3.72. The van der Waals surface area contributed by atoms with Crippen LogP contribution in [0.25, 0.3) is 0 Å². The van der Waals surface area contributed by atoms with Gasteiger partial charge in [0, 0.05) is 18.8 Å². The van der Waals surface area contributed by atoms with Crippen LogP contribution in [0.15, 0.2) is 30.5 Å². The molecule has 2 rings (SSSR count). The molecule has 1 aromatic heterocycles. The van der Waals surface area contributed by atoms with Crippen LogP contribution in [0.4, 0.5) is 4.39 Å². The molecule has 1 unspecified atom stereocenters. The smallest absolute Gasteiger partial charge is 0.142 e. The van der Waals surface area contributed by atoms with Gasteiger partial charge in [-0.1, -0.05) is 17.7 Å². The highest BCUT2D eigenvalue weighted by atomic mass is 35.5. The van der Waals surface area contributed by atoms with Gasteiger partial charge in [-0.15, -0.1) is 0 Å². The van der Waals surface area contributed by atoms with Crippen molar-refractivity contribution < 1.29 is 4.39 Å². The van der Waals surface area contributed by atoms with E-state index >= 15 is 0 Å². The van der Waals surface area contributed by atoms with Crippen LogP contribution in [-0.4, -0.2) is 9.97 Å². The van der Waals surface area contributed by atoms with Crippen LogP contribution < -0.4 is 5.32 Å². The fraction of sp³-hybridized carbons (Fsp3) is 0.286. The SMILES string of the molecule is Cc1nccc(CNC(C)c2ccc(Cl)c(F)c2)n1. The summed E-state index contributed by atoms with van der Waals surface area (Å²) in [6.07, 6.45) is 1.73. The van der Waals surface area contributed by atoms with Crippen molar-refractivity contribution in [1.82, 2.24) is 15.3 Å². The van der Waals surface area contributed by atoms with Crippen LogP contribution >= 0.6 is 11.6 Å². The van der Waals surface area contributed by atoms with Gasteiger partial charge in [0.05, 0.1) is 10.7 Å². The van der Waals surface area contributed by atoms with Crippen LogP contribution in [0.5, 0.6) is 0 Å². The Labute approximate surface area is 116 Å². The molecular weight excluding hydrogens is 265 g/mol. The number of rotatable bonds is 4. The molecule has 0 aliphatic carbocycles. The van der Waals surface area contributed by atoms with E-state index in [1.54, 1.807) is 12.3 Å². The quantitative estimate of drug-likeness (QED) is 0.932. The fourth-order valence-electron chi connectivity index (χ4n) is 1.76. The molecule has 0 saturated heterocycles. The summed E-state index contributed by atoms with van der Waals surface area (Å²) in [6, 6.07) is 6.70. The van der Waals surface area contributed by atoms with Gasteiger partial charge in [-0.2, -0.15) is 0 Å². The predicted molar refractivity (Wildman–Crippen MR) is 73.4 cm³/mol. The number of nitrogens with zero attached hydrogens (tertiary/aromatic N) is 2. The molecule has 0 aliphatic rings. The minimum absolute atomic E-state index is 0.0158. The maximum Gasteiger partial charge on any atom is 0.142 e. The third-order valence-electron chi connectivity index (χ3n) is 2.87. The summed E-state index contributed by atoms with van der Waals surface area (Å²) in [4.78, 5) is 8.34. The lowest BCUT2D eigenvalue weighted by atomic mass is 10.1. The Morgan fingerprint density at radius 1 is 1.37 bits per heavy atom. The number of hydrogen-bond acceptors (Lipinski definition) is 3. The largest absolute Gasteiger partial charge is 0.305 e. The topological polar surface area (TPSA) is 37.8 Å². The molecule has 0 fully saturated rings. The van der Waals surface area contributed by atoms with Gasteiger partial charge in [-0.05, 0) is 37.6 Å². The molecule has 1 atom stereocenters. The Kier molecular flexibility index (Phi) is 4.45. The van der Waals surface area contributed by atoms with Gasteiger partial charge in [0.25, 0.3) is 0 Å². The molecule has 1 aromatic carbocycles. The average molecular weight is 280 g/mol. The summed E-state index contributed by atoms with van der Waals surface area (Å²) in [5.74, 6) is 0.343. The lowest BCUT2D eigenvalue weighted by molar-refractivity contribution is 0.558. The zero-order valence-electron chi connectivity index (χ0n) is 10.8. The number of nitrogens with one attached hydrogen (secondary N) is 1. The predicted octanol–water partition coefficient (Wildman–Crippen LogP) is 3.43. The van der Waals surface area contributed by atoms with E-state index in [1.165, 1.54) is 6.07 Å². The van der Waals surface area contributed by atoms with Gasteiger partial charge < -0.3 is 5.32 Å². The molecule has 0 radical (unpaired) electrons. The van der Waals surface area contributed by atoms with Crippen molar-refractivity contribution in [2.75, 3.05) is 0 Å². The van der Waals surface area contributed by atoms with Crippen molar-refractivity contribution in [3.05, 3.63) is 58.4 Å². The average Bonchev–Trinajstić information content (AvgIpc) is 2.39. The zero-order chi connectivity index (χ0) is 13.8. The molecule has 19 heavy (non-hydrogen) atoms. The molecule has 0 aliphatic heterocycles. The second-order valence-electron chi connectivity index (χ2n) is 4.37. The minimum atomic E-state index is -0.398. The Balaban J connectivity index is 2.01. The normalized spacial score (nSPS) is 12.4. The van der Waals surface area contributed by atoms with Gasteiger partial charge in [0.15, 0.2) is 0 Å². The highest BCUT2D eigenvalue weighted by molar-refractivity contribution is 6.30. The molecule has 2 aromatic rings. The van der Waals surface area contributed by atoms with Crippen molar-refractivity contribution in [1.29, 1.82) is 0 Å². The molecule has 0 amide bonds. The van der Waals surface area contributed by atoms with Crippen LogP contribution in [-0.2, 0) is 6.54 Å². The fourth-order valence-corrected chi connectivity index (χ4v) is 1.88. The molecule has 1 N–H and O–H groups in total. The molecule has 0 saturated carbocycles. The van der Waals surface area contributed by atoms with E-state index in [4.69, 9.17) is 11.6 Å². The highest BCUT2D eigenvalue weighted by Crippen LogP contribution is 2.20. The number of aryl methyl sites for hydroxylation is 1. The first-order valence-corrected chi connectivity index (χ1v) is 6.41. The van der Waals surface area contributed by atoms with Crippen LogP contribution in [0.1, 0.15) is 30.0 Å². The Morgan fingerprint density at radius 2 is 2.16 bits per heavy atom. The summed E-state index contributed by atoms with van der Waals surface area (Å²) in [7, 11) is 0. The molecule has 5 heteroatoms. The molecular formula is C14H15ClFN3. The van der Waals surface area contributed by atoms with Crippen LogP contribution in [0.2, 0.25) is 5.02 Å². The first-order valence-electron chi connectivity index (χ1n) is 6.03. The maximum atomic E-state index is 13.4. The van der Waals surface area contributed by atoms with E-state index in [0.29, 0.717) is 6.54 Å². The van der Waals surface area contributed by atoms with Gasteiger partial charge in [-0.3, -0.25) is 0 Å². The zero-order valence-corrected chi connectivity index (χ0v) is 11.6. The second-order valence-corrected chi connectivity index (χ2v) is 4.78. The number of hydrogen-bond donors (Lipinski definition) is 1. The van der Waals surface area contributed by atoms with E-state index in [2.05, 4.69) is 15.3 Å². The highest BCUT2D eigenvalue weighted by Gasteiger charge is 2.08. The number of benzene rings is 1. The van der Waals surface area contributed by atoms with E-state index < -0.39 is 5.82 Å². The molecule has 1 heterocycles. The van der Waals surface area contributed by atoms with Gasteiger partial charge in [0.2, 0.25) is 0 Å². The van der Waals surface area contributed by atoms with Crippen LogP contribution in [0, 0.1) is 12.7 Å². The van der Waals surface area contributed by atoms with E-state index in [1.807, 2.05) is 26.0 Å². The first kappa shape index (κ1) is 13.9. The minimum Gasteiger partial charge on any atom is -0.305 e. The van der Waals surface area contributed by atoms with Crippen LogP contribution in [0.3, 0.4) is 0 Å². The molecule has 0 spiro atoms. The lowest BCUT2D eigenvalue weighted by Crippen LogP contribution is -2.19. The molecule has 0 bridgehead atoms. The van der Waals surface area contributed by atoms with Gasteiger partial charge >= 0.3 is 0 Å². The number of halogens is 2.